The Morgan fingerprint density at radius 2 is 1.71 bits per heavy atom. The van der Waals surface area contributed by atoms with Gasteiger partial charge in [0.25, 0.3) is 0 Å². The van der Waals surface area contributed by atoms with Crippen molar-refractivity contribution in [2.24, 2.45) is 0 Å². The van der Waals surface area contributed by atoms with Crippen LogP contribution >= 0.6 is 15.9 Å². The fraction of sp³-hybridized carbons (Fsp3) is 0.462. The lowest BCUT2D eigenvalue weighted by atomic mass is 10.1. The van der Waals surface area contributed by atoms with Gasteiger partial charge < -0.3 is 10.2 Å². The summed E-state index contributed by atoms with van der Waals surface area (Å²) in [4.78, 5) is 28.3. The Morgan fingerprint density at radius 3 is 2.26 bits per heavy atom. The maximum atomic E-state index is 13.6. The van der Waals surface area contributed by atoms with Crippen molar-refractivity contribution in [3.63, 3.8) is 0 Å². The molecule has 0 aliphatic heterocycles. The molecule has 0 aromatic heterocycles. The summed E-state index contributed by atoms with van der Waals surface area (Å²) in [6, 6.07) is 14.1. The van der Waals surface area contributed by atoms with Crippen LogP contribution in [0, 0.1) is 6.92 Å². The molecule has 0 heterocycles. The van der Waals surface area contributed by atoms with E-state index >= 15 is 0 Å². The van der Waals surface area contributed by atoms with E-state index in [2.05, 4.69) is 21.2 Å². The number of nitrogens with zero attached hydrogens (tertiary/aromatic N) is 2. The molecule has 0 aliphatic carbocycles. The Balaban J connectivity index is 2.38. The van der Waals surface area contributed by atoms with Gasteiger partial charge in [-0.15, -0.1) is 0 Å². The first-order valence-corrected chi connectivity index (χ1v) is 14.5. The summed E-state index contributed by atoms with van der Waals surface area (Å²) in [6.07, 6.45) is 2.82. The van der Waals surface area contributed by atoms with Crippen molar-refractivity contribution in [2.45, 2.75) is 59.0 Å². The largest absolute Gasteiger partial charge is 0.352 e. The molecule has 0 radical (unpaired) electrons. The molecule has 0 saturated carbocycles. The molecule has 0 spiro atoms. The van der Waals surface area contributed by atoms with Gasteiger partial charge in [0, 0.05) is 17.1 Å². The molecular weight excluding hydrogens is 530 g/mol. The van der Waals surface area contributed by atoms with Gasteiger partial charge in [-0.1, -0.05) is 60.1 Å². The lowest BCUT2D eigenvalue weighted by molar-refractivity contribution is -0.139. The molecule has 9 heteroatoms. The Labute approximate surface area is 218 Å². The lowest BCUT2D eigenvalue weighted by Crippen LogP contribution is -2.54. The van der Waals surface area contributed by atoms with Crippen LogP contribution in [-0.4, -0.2) is 56.6 Å². The predicted octanol–water partition coefficient (Wildman–Crippen LogP) is 4.29. The quantitative estimate of drug-likeness (QED) is 0.416. The van der Waals surface area contributed by atoms with Gasteiger partial charge in [-0.25, -0.2) is 8.42 Å². The fourth-order valence-electron chi connectivity index (χ4n) is 3.73. The third-order valence-corrected chi connectivity index (χ3v) is 8.01. The molecule has 2 rings (SSSR count). The van der Waals surface area contributed by atoms with Gasteiger partial charge in [0.1, 0.15) is 12.6 Å². The van der Waals surface area contributed by atoms with Gasteiger partial charge in [-0.3, -0.25) is 13.9 Å². The Hall–Kier alpha value is -2.39. The van der Waals surface area contributed by atoms with Crippen molar-refractivity contribution >= 4 is 43.5 Å². The van der Waals surface area contributed by atoms with Gasteiger partial charge in [0.15, 0.2) is 0 Å². The molecule has 0 unspecified atom stereocenters. The first kappa shape index (κ1) is 28.8. The number of aryl methyl sites for hydroxylation is 1. The molecule has 0 aliphatic rings. The zero-order valence-corrected chi connectivity index (χ0v) is 23.5. The number of carbonyl (C=O) groups is 2. The summed E-state index contributed by atoms with van der Waals surface area (Å²) in [7, 11) is -3.75. The van der Waals surface area contributed by atoms with E-state index in [1.54, 1.807) is 18.2 Å². The Kier molecular flexibility index (Phi) is 10.8. The third kappa shape index (κ3) is 8.35. The minimum Gasteiger partial charge on any atom is -0.352 e. The van der Waals surface area contributed by atoms with Crippen LogP contribution in [0.25, 0.3) is 0 Å². The Morgan fingerprint density at radius 1 is 1.06 bits per heavy atom. The van der Waals surface area contributed by atoms with E-state index in [0.717, 1.165) is 32.6 Å². The highest BCUT2D eigenvalue weighted by Crippen LogP contribution is 2.25. The third-order valence-electron chi connectivity index (χ3n) is 5.98. The zero-order chi connectivity index (χ0) is 26.2. The number of anilines is 1. The van der Waals surface area contributed by atoms with E-state index in [1.807, 2.05) is 58.0 Å². The number of nitrogens with one attached hydrogen (secondary N) is 1. The molecule has 0 fully saturated rings. The highest BCUT2D eigenvalue weighted by atomic mass is 79.9. The molecule has 0 bridgehead atoms. The van der Waals surface area contributed by atoms with Crippen molar-refractivity contribution in [3.05, 3.63) is 64.1 Å². The molecule has 7 nitrogen and oxygen atoms in total. The summed E-state index contributed by atoms with van der Waals surface area (Å²) < 4.78 is 27.3. The number of carbonyl (C=O) groups excluding carboxylic acids is 2. The van der Waals surface area contributed by atoms with Crippen LogP contribution in [0.15, 0.2) is 53.0 Å². The van der Waals surface area contributed by atoms with Crippen LogP contribution < -0.4 is 9.62 Å². The highest BCUT2D eigenvalue weighted by molar-refractivity contribution is 9.10. The summed E-state index contributed by atoms with van der Waals surface area (Å²) >= 11 is 3.43. The van der Waals surface area contributed by atoms with Crippen molar-refractivity contribution < 1.29 is 18.0 Å². The number of amides is 2. The first-order valence-electron chi connectivity index (χ1n) is 11.9. The summed E-state index contributed by atoms with van der Waals surface area (Å²) in [5.41, 5.74) is 2.29. The van der Waals surface area contributed by atoms with E-state index in [-0.39, 0.29) is 18.5 Å². The monoisotopic (exact) mass is 565 g/mol. The first-order chi connectivity index (χ1) is 16.5. The SMILES string of the molecule is CC[C@H](C(=O)N[C@@H](C)CC)N(CCc1ccccc1)C(=O)CN(c1ccc(Br)c(C)c1)S(C)(=O)=O. The van der Waals surface area contributed by atoms with Gasteiger partial charge >= 0.3 is 0 Å². The number of halogens is 1. The van der Waals surface area contributed by atoms with Gasteiger partial charge in [-0.2, -0.15) is 0 Å². The minimum absolute atomic E-state index is 0.0270. The number of hydrogen-bond donors (Lipinski definition) is 1. The molecule has 192 valence electrons. The predicted molar refractivity (Wildman–Crippen MR) is 145 cm³/mol. The summed E-state index contributed by atoms with van der Waals surface area (Å²) in [5.74, 6) is -0.647. The van der Waals surface area contributed by atoms with Crippen LogP contribution in [0.4, 0.5) is 5.69 Å². The van der Waals surface area contributed by atoms with Crippen LogP contribution in [-0.2, 0) is 26.0 Å². The average molecular weight is 567 g/mol. The van der Waals surface area contributed by atoms with Gasteiger partial charge in [0.2, 0.25) is 21.8 Å². The van der Waals surface area contributed by atoms with Crippen LogP contribution in [0.1, 0.15) is 44.7 Å². The smallest absolute Gasteiger partial charge is 0.244 e. The van der Waals surface area contributed by atoms with Crippen LogP contribution in [0.2, 0.25) is 0 Å². The topological polar surface area (TPSA) is 86.8 Å². The van der Waals surface area contributed by atoms with E-state index in [4.69, 9.17) is 0 Å². The molecule has 35 heavy (non-hydrogen) atoms. The number of hydrogen-bond acceptors (Lipinski definition) is 4. The van der Waals surface area contributed by atoms with E-state index in [0.29, 0.717) is 25.1 Å². The molecule has 2 amide bonds. The van der Waals surface area contributed by atoms with Gasteiger partial charge in [0.05, 0.1) is 11.9 Å². The summed E-state index contributed by atoms with van der Waals surface area (Å²) in [5, 5.41) is 2.97. The summed E-state index contributed by atoms with van der Waals surface area (Å²) in [6.45, 7) is 7.52. The Bertz CT molecular complexity index is 1110. The molecule has 2 aromatic carbocycles. The molecule has 0 saturated heterocycles. The van der Waals surface area contributed by atoms with Gasteiger partial charge in [-0.05, 0) is 62.4 Å². The van der Waals surface area contributed by atoms with E-state index in [1.165, 1.54) is 4.90 Å². The zero-order valence-electron chi connectivity index (χ0n) is 21.1. The van der Waals surface area contributed by atoms with E-state index < -0.39 is 22.0 Å². The van der Waals surface area contributed by atoms with Crippen LogP contribution in [0.5, 0.6) is 0 Å². The maximum absolute atomic E-state index is 13.6. The van der Waals surface area contributed by atoms with E-state index in [9.17, 15) is 18.0 Å². The standard InChI is InChI=1S/C26H36BrN3O4S/c1-6-20(4)28-26(32)24(7-2)29(16-15-21-11-9-8-10-12-21)25(31)18-30(35(5,33)34)22-13-14-23(27)19(3)17-22/h8-14,17,20,24H,6-7,15-16,18H2,1-5H3,(H,28,32)/t20-,24+/m0/s1. The van der Waals surface area contributed by atoms with Crippen molar-refractivity contribution in [2.75, 3.05) is 23.7 Å². The lowest BCUT2D eigenvalue weighted by Gasteiger charge is -2.33. The minimum atomic E-state index is -3.75. The molecule has 2 atom stereocenters. The average Bonchev–Trinajstić information content (AvgIpc) is 2.81. The van der Waals surface area contributed by atoms with Crippen LogP contribution in [0.3, 0.4) is 0 Å². The van der Waals surface area contributed by atoms with Crippen molar-refractivity contribution in [1.29, 1.82) is 0 Å². The second-order valence-electron chi connectivity index (χ2n) is 8.77. The molecule has 1 N–H and O–H groups in total. The molecule has 2 aromatic rings. The highest BCUT2D eigenvalue weighted by Gasteiger charge is 2.31. The second kappa shape index (κ2) is 13.1. The number of sulfonamides is 1. The molecular formula is C26H36BrN3O4S. The number of rotatable bonds is 12. The van der Waals surface area contributed by atoms with Crippen molar-refractivity contribution in [3.8, 4) is 0 Å². The maximum Gasteiger partial charge on any atom is 0.244 e. The number of benzene rings is 2. The van der Waals surface area contributed by atoms with Crippen molar-refractivity contribution in [1.82, 2.24) is 10.2 Å². The normalized spacial score (nSPS) is 13.1. The fourth-order valence-corrected chi connectivity index (χ4v) is 4.82. The second-order valence-corrected chi connectivity index (χ2v) is 11.5.